The average Bonchev–Trinajstić information content (AvgIpc) is 2.93. The summed E-state index contributed by atoms with van der Waals surface area (Å²) in [7, 11) is 4.07. The lowest BCUT2D eigenvalue weighted by atomic mass is 9.94. The minimum atomic E-state index is 0.644. The number of hydrogen-bond donors (Lipinski definition) is 0. The van der Waals surface area contributed by atoms with Crippen LogP contribution in [0.25, 0.3) is 0 Å². The van der Waals surface area contributed by atoms with Gasteiger partial charge in [0.05, 0.1) is 5.69 Å². The molecule has 0 aliphatic carbocycles. The highest BCUT2D eigenvalue weighted by Gasteiger charge is 2.34. The summed E-state index contributed by atoms with van der Waals surface area (Å²) in [6.45, 7) is 5.54. The molecule has 5 heterocycles. The van der Waals surface area contributed by atoms with Gasteiger partial charge in [-0.2, -0.15) is 0 Å². The molecule has 0 spiro atoms. The van der Waals surface area contributed by atoms with Crippen molar-refractivity contribution < 1.29 is 0 Å². The molecule has 2 aromatic heterocycles. The third-order valence-corrected chi connectivity index (χ3v) is 5.67. The number of hydrogen-bond acceptors (Lipinski definition) is 5. The molecule has 0 amide bonds. The van der Waals surface area contributed by atoms with E-state index in [4.69, 9.17) is 0 Å². The van der Waals surface area contributed by atoms with E-state index < -0.39 is 0 Å². The Kier molecular flexibility index (Phi) is 5.18. The van der Waals surface area contributed by atoms with Crippen LogP contribution in [0.5, 0.6) is 0 Å². The first-order chi connectivity index (χ1) is 12.7. The number of rotatable bonds is 5. The third kappa shape index (κ3) is 4.05. The molecule has 0 radical (unpaired) electrons. The Morgan fingerprint density at radius 2 is 1.92 bits per heavy atom. The van der Waals surface area contributed by atoms with Gasteiger partial charge >= 0.3 is 0 Å². The largest absolute Gasteiger partial charge is 0.363 e. The molecule has 26 heavy (non-hydrogen) atoms. The predicted octanol–water partition coefficient (Wildman–Crippen LogP) is 2.64. The van der Waals surface area contributed by atoms with Crippen LogP contribution in [0.15, 0.2) is 42.7 Å². The molecule has 0 saturated carbocycles. The molecule has 3 fully saturated rings. The van der Waals surface area contributed by atoms with E-state index in [9.17, 15) is 0 Å². The van der Waals surface area contributed by atoms with Gasteiger partial charge in [0, 0.05) is 65.3 Å². The second kappa shape index (κ2) is 7.72. The van der Waals surface area contributed by atoms with Crippen molar-refractivity contribution in [3.63, 3.8) is 0 Å². The number of piperidine rings is 1. The fourth-order valence-electron chi connectivity index (χ4n) is 4.33. The van der Waals surface area contributed by atoms with Crippen molar-refractivity contribution in [2.45, 2.75) is 32.0 Å². The quantitative estimate of drug-likeness (QED) is 0.827. The Morgan fingerprint density at radius 3 is 2.65 bits per heavy atom. The molecule has 2 aromatic rings. The number of nitrogens with zero attached hydrogens (tertiary/aromatic N) is 5. The maximum Gasteiger partial charge on any atom is 0.127 e. The summed E-state index contributed by atoms with van der Waals surface area (Å²) in [5.41, 5.74) is 2.50. The van der Waals surface area contributed by atoms with Crippen LogP contribution >= 0.6 is 0 Å². The average molecular weight is 351 g/mol. The van der Waals surface area contributed by atoms with Gasteiger partial charge in [0.2, 0.25) is 0 Å². The number of anilines is 1. The second-order valence-electron chi connectivity index (χ2n) is 7.96. The summed E-state index contributed by atoms with van der Waals surface area (Å²) in [5, 5.41) is 0. The van der Waals surface area contributed by atoms with Crippen molar-refractivity contribution in [2.75, 3.05) is 38.6 Å². The first-order valence-electron chi connectivity index (χ1n) is 9.66. The van der Waals surface area contributed by atoms with Crippen molar-refractivity contribution in [2.24, 2.45) is 5.92 Å². The molecule has 0 unspecified atom stereocenters. The lowest BCUT2D eigenvalue weighted by molar-refractivity contribution is 0.123. The molecular weight excluding hydrogens is 322 g/mol. The molecule has 2 bridgehead atoms. The Labute approximate surface area is 156 Å². The monoisotopic (exact) mass is 351 g/mol. The van der Waals surface area contributed by atoms with E-state index >= 15 is 0 Å². The summed E-state index contributed by atoms with van der Waals surface area (Å²) in [5.74, 6) is 1.79. The van der Waals surface area contributed by atoms with E-state index in [1.54, 1.807) is 0 Å². The van der Waals surface area contributed by atoms with E-state index in [0.717, 1.165) is 31.4 Å². The number of fused-ring (bicyclic) bond motifs is 4. The second-order valence-corrected chi connectivity index (χ2v) is 7.96. The van der Waals surface area contributed by atoms with Gasteiger partial charge in [0.1, 0.15) is 5.82 Å². The first-order valence-corrected chi connectivity index (χ1v) is 9.66. The van der Waals surface area contributed by atoms with Crippen LogP contribution < -0.4 is 4.90 Å². The normalized spacial score (nSPS) is 23.8. The Bertz CT molecular complexity index is 700. The Balaban J connectivity index is 1.41. The molecule has 5 heteroatoms. The molecular formula is C21H29N5. The predicted molar refractivity (Wildman–Crippen MR) is 105 cm³/mol. The van der Waals surface area contributed by atoms with Crippen molar-refractivity contribution >= 4 is 5.82 Å². The van der Waals surface area contributed by atoms with Crippen LogP contribution in [-0.2, 0) is 13.1 Å². The van der Waals surface area contributed by atoms with E-state index in [0.29, 0.717) is 6.04 Å². The van der Waals surface area contributed by atoms with Crippen molar-refractivity contribution in [1.82, 2.24) is 19.8 Å². The van der Waals surface area contributed by atoms with Gasteiger partial charge in [-0.3, -0.25) is 14.8 Å². The molecule has 0 aromatic carbocycles. The lowest BCUT2D eigenvalue weighted by Gasteiger charge is -2.36. The maximum atomic E-state index is 4.58. The summed E-state index contributed by atoms with van der Waals surface area (Å²) in [4.78, 5) is 16.4. The van der Waals surface area contributed by atoms with Crippen LogP contribution in [0, 0.1) is 5.92 Å². The van der Waals surface area contributed by atoms with E-state index in [2.05, 4.69) is 44.0 Å². The van der Waals surface area contributed by atoms with Gasteiger partial charge in [0.15, 0.2) is 0 Å². The molecule has 0 N–H and O–H groups in total. The topological polar surface area (TPSA) is 35.5 Å². The van der Waals surface area contributed by atoms with Crippen molar-refractivity contribution in [3.8, 4) is 0 Å². The molecule has 5 nitrogen and oxygen atoms in total. The first kappa shape index (κ1) is 17.4. The van der Waals surface area contributed by atoms with Crippen molar-refractivity contribution in [3.05, 3.63) is 54.0 Å². The van der Waals surface area contributed by atoms with Gasteiger partial charge in [-0.25, -0.2) is 4.98 Å². The van der Waals surface area contributed by atoms with Gasteiger partial charge in [0.25, 0.3) is 0 Å². The standard InChI is InChI=1S/C21H29N5/c1-24(2)21-9-7-17(11-23-21)13-26-14-18-6-8-20(26)16-25(12-18)15-19-5-3-4-10-22-19/h3-5,7,9-11,18,20H,6,8,12-16H2,1-2H3/t18-,20+/m0/s1. The maximum absolute atomic E-state index is 4.58. The van der Waals surface area contributed by atoms with Gasteiger partial charge in [-0.15, -0.1) is 0 Å². The molecule has 2 atom stereocenters. The Morgan fingerprint density at radius 1 is 1.00 bits per heavy atom. The minimum Gasteiger partial charge on any atom is -0.363 e. The van der Waals surface area contributed by atoms with Crippen LogP contribution in [-0.4, -0.2) is 59.5 Å². The van der Waals surface area contributed by atoms with Gasteiger partial charge < -0.3 is 4.90 Å². The highest BCUT2D eigenvalue weighted by Crippen LogP contribution is 2.29. The van der Waals surface area contributed by atoms with Crippen LogP contribution in [0.3, 0.4) is 0 Å². The SMILES string of the molecule is CN(C)c1ccc(CN2C[C@H]3CC[C@@H]2CN(Cc2ccccn2)C3)cn1. The highest BCUT2D eigenvalue weighted by molar-refractivity contribution is 5.37. The minimum absolute atomic E-state index is 0.644. The zero-order valence-electron chi connectivity index (χ0n) is 15.9. The number of pyridine rings is 2. The van der Waals surface area contributed by atoms with Crippen LogP contribution in [0.1, 0.15) is 24.1 Å². The van der Waals surface area contributed by atoms with Crippen LogP contribution in [0.2, 0.25) is 0 Å². The summed E-state index contributed by atoms with van der Waals surface area (Å²) in [6.07, 6.45) is 6.61. The molecule has 3 aliphatic heterocycles. The summed E-state index contributed by atoms with van der Waals surface area (Å²) < 4.78 is 0. The van der Waals surface area contributed by atoms with E-state index in [-0.39, 0.29) is 0 Å². The lowest BCUT2D eigenvalue weighted by Crippen LogP contribution is -2.43. The van der Waals surface area contributed by atoms with Gasteiger partial charge in [-0.05, 0) is 42.5 Å². The van der Waals surface area contributed by atoms with Gasteiger partial charge in [-0.1, -0.05) is 12.1 Å². The third-order valence-electron chi connectivity index (χ3n) is 5.67. The highest BCUT2D eigenvalue weighted by atomic mass is 15.3. The molecule has 3 aliphatic rings. The zero-order chi connectivity index (χ0) is 17.9. The Hall–Kier alpha value is -1.98. The summed E-state index contributed by atoms with van der Waals surface area (Å²) in [6, 6.07) is 11.2. The van der Waals surface area contributed by atoms with E-state index in [1.165, 1.54) is 37.2 Å². The number of aromatic nitrogens is 2. The van der Waals surface area contributed by atoms with Crippen molar-refractivity contribution in [1.29, 1.82) is 0 Å². The summed E-state index contributed by atoms with van der Waals surface area (Å²) >= 11 is 0. The molecule has 3 saturated heterocycles. The molecule has 5 rings (SSSR count). The fourth-order valence-corrected chi connectivity index (χ4v) is 4.33. The van der Waals surface area contributed by atoms with Crippen LogP contribution in [0.4, 0.5) is 5.82 Å². The smallest absolute Gasteiger partial charge is 0.127 e. The fraction of sp³-hybridized carbons (Fsp3) is 0.524. The molecule has 138 valence electrons. The van der Waals surface area contributed by atoms with E-state index in [1.807, 2.05) is 37.5 Å². The zero-order valence-corrected chi connectivity index (χ0v) is 15.9.